The predicted molar refractivity (Wildman–Crippen MR) is 86.8 cm³/mol. The van der Waals surface area contributed by atoms with Crippen molar-refractivity contribution < 1.29 is 4.74 Å². The number of nitrogens with one attached hydrogen (secondary N) is 1. The Labute approximate surface area is 132 Å². The largest absolute Gasteiger partial charge is 0.383 e. The van der Waals surface area contributed by atoms with E-state index in [0.717, 1.165) is 38.7 Å². The van der Waals surface area contributed by atoms with Crippen LogP contribution in [0.5, 0.6) is 0 Å². The summed E-state index contributed by atoms with van der Waals surface area (Å²) in [5.41, 5.74) is 3.12. The second-order valence-corrected chi connectivity index (χ2v) is 6.24. The fourth-order valence-corrected chi connectivity index (χ4v) is 3.40. The molecule has 4 nitrogen and oxygen atoms in total. The third kappa shape index (κ3) is 5.66. The summed E-state index contributed by atoms with van der Waals surface area (Å²) in [5, 5.41) is 3.50. The predicted octanol–water partition coefficient (Wildman–Crippen LogP) is 2.32. The van der Waals surface area contributed by atoms with Gasteiger partial charge in [-0.1, -0.05) is 0 Å². The van der Waals surface area contributed by atoms with Crippen molar-refractivity contribution in [2.24, 2.45) is 5.92 Å². The molecule has 1 unspecified atom stereocenters. The summed E-state index contributed by atoms with van der Waals surface area (Å²) in [6, 6.07) is 0. The van der Waals surface area contributed by atoms with Crippen LogP contribution in [0.1, 0.15) is 23.4 Å². The number of hydrogen-bond acceptors (Lipinski definition) is 5. The van der Waals surface area contributed by atoms with E-state index in [-0.39, 0.29) is 12.4 Å². The number of ether oxygens (including phenoxy) is 1. The number of thiazole rings is 1. The number of hydrogen-bond donors (Lipinski definition) is 1. The summed E-state index contributed by atoms with van der Waals surface area (Å²) < 4.78 is 5.24. The van der Waals surface area contributed by atoms with Crippen molar-refractivity contribution in [1.82, 2.24) is 15.2 Å². The van der Waals surface area contributed by atoms with Gasteiger partial charge in [-0.25, -0.2) is 4.98 Å². The highest BCUT2D eigenvalue weighted by molar-refractivity contribution is 7.09. The Bertz CT molecular complexity index is 369. The van der Waals surface area contributed by atoms with Crippen LogP contribution in [-0.4, -0.2) is 49.8 Å². The average Bonchev–Trinajstić information content (AvgIpc) is 2.83. The van der Waals surface area contributed by atoms with Crippen molar-refractivity contribution >= 4 is 23.7 Å². The maximum atomic E-state index is 5.24. The molecule has 0 aliphatic carbocycles. The maximum Gasteiger partial charge on any atom is 0.0798 e. The molecule has 0 saturated carbocycles. The number of halogens is 1. The van der Waals surface area contributed by atoms with Gasteiger partial charge in [0.25, 0.3) is 0 Å². The van der Waals surface area contributed by atoms with Crippen molar-refractivity contribution in [3.63, 3.8) is 0 Å². The lowest BCUT2D eigenvalue weighted by Crippen LogP contribution is -2.39. The fraction of sp³-hybridized carbons (Fsp3) is 0.786. The number of piperidine rings is 1. The summed E-state index contributed by atoms with van der Waals surface area (Å²) in [6.45, 7) is 8.42. The van der Waals surface area contributed by atoms with E-state index in [0.29, 0.717) is 0 Å². The number of aryl methyl sites for hydroxylation is 1. The molecule has 1 atom stereocenters. The number of rotatable bonds is 7. The van der Waals surface area contributed by atoms with E-state index >= 15 is 0 Å². The Hall–Kier alpha value is -0.200. The van der Waals surface area contributed by atoms with Crippen LogP contribution in [0, 0.1) is 12.8 Å². The lowest BCUT2D eigenvalue weighted by Gasteiger charge is -2.29. The minimum Gasteiger partial charge on any atom is -0.383 e. The van der Waals surface area contributed by atoms with E-state index in [9.17, 15) is 0 Å². The highest BCUT2D eigenvalue weighted by Gasteiger charge is 2.18. The molecule has 0 bridgehead atoms. The Morgan fingerprint density at radius 3 is 3.00 bits per heavy atom. The Kier molecular flexibility index (Phi) is 8.64. The Balaban J connectivity index is 0.00000200. The first-order chi connectivity index (χ1) is 9.29. The van der Waals surface area contributed by atoms with Crippen molar-refractivity contribution in [2.75, 3.05) is 39.9 Å². The van der Waals surface area contributed by atoms with Crippen molar-refractivity contribution in [2.45, 2.75) is 26.3 Å². The van der Waals surface area contributed by atoms with Gasteiger partial charge in [0.05, 0.1) is 17.8 Å². The normalized spacial score (nSPS) is 19.1. The Morgan fingerprint density at radius 1 is 1.55 bits per heavy atom. The van der Waals surface area contributed by atoms with Crippen LogP contribution in [0.15, 0.2) is 5.51 Å². The van der Waals surface area contributed by atoms with E-state index < -0.39 is 0 Å². The van der Waals surface area contributed by atoms with Gasteiger partial charge in [-0.15, -0.1) is 23.7 Å². The first-order valence-corrected chi connectivity index (χ1v) is 7.98. The van der Waals surface area contributed by atoms with Gasteiger partial charge in [0, 0.05) is 31.6 Å². The van der Waals surface area contributed by atoms with Crippen molar-refractivity contribution in [1.29, 1.82) is 0 Å². The summed E-state index contributed by atoms with van der Waals surface area (Å²) in [5.74, 6) is 0.777. The van der Waals surface area contributed by atoms with Crippen LogP contribution < -0.4 is 5.32 Å². The molecule has 0 radical (unpaired) electrons. The van der Waals surface area contributed by atoms with E-state index in [1.165, 1.54) is 30.0 Å². The van der Waals surface area contributed by atoms with Gasteiger partial charge in [-0.05, 0) is 38.8 Å². The molecule has 1 saturated heterocycles. The van der Waals surface area contributed by atoms with Gasteiger partial charge in [-0.3, -0.25) is 4.90 Å². The van der Waals surface area contributed by atoms with Gasteiger partial charge in [0.15, 0.2) is 0 Å². The monoisotopic (exact) mass is 319 g/mol. The first kappa shape index (κ1) is 17.9. The van der Waals surface area contributed by atoms with Gasteiger partial charge < -0.3 is 10.1 Å². The second-order valence-electron chi connectivity index (χ2n) is 5.30. The molecule has 2 rings (SSSR count). The van der Waals surface area contributed by atoms with Gasteiger partial charge in [0.1, 0.15) is 0 Å². The minimum absolute atomic E-state index is 0. The summed E-state index contributed by atoms with van der Waals surface area (Å²) in [4.78, 5) is 8.25. The molecular weight excluding hydrogens is 294 g/mol. The van der Waals surface area contributed by atoms with Crippen LogP contribution in [-0.2, 0) is 11.3 Å². The number of aromatic nitrogens is 1. The zero-order valence-electron chi connectivity index (χ0n) is 12.4. The molecule has 1 aliphatic heterocycles. The summed E-state index contributed by atoms with van der Waals surface area (Å²) >= 11 is 1.76. The molecule has 1 fully saturated rings. The van der Waals surface area contributed by atoms with Crippen LogP contribution in [0.4, 0.5) is 0 Å². The van der Waals surface area contributed by atoms with Crippen LogP contribution in [0.2, 0.25) is 0 Å². The van der Waals surface area contributed by atoms with Gasteiger partial charge in [0.2, 0.25) is 0 Å². The SMILES string of the molecule is COCCN(Cc1scnc1C)CC1CCCNC1.Cl. The molecule has 6 heteroatoms. The average molecular weight is 320 g/mol. The molecule has 1 aromatic heterocycles. The van der Waals surface area contributed by atoms with Gasteiger partial charge >= 0.3 is 0 Å². The second kappa shape index (κ2) is 9.68. The van der Waals surface area contributed by atoms with Crippen molar-refractivity contribution in [3.05, 3.63) is 16.1 Å². The summed E-state index contributed by atoms with van der Waals surface area (Å²) in [7, 11) is 1.78. The molecular formula is C14H26ClN3OS. The van der Waals surface area contributed by atoms with Crippen LogP contribution in [0.25, 0.3) is 0 Å². The van der Waals surface area contributed by atoms with E-state index in [1.807, 2.05) is 5.51 Å². The first-order valence-electron chi connectivity index (χ1n) is 7.10. The number of nitrogens with zero attached hydrogens (tertiary/aromatic N) is 2. The highest BCUT2D eigenvalue weighted by Crippen LogP contribution is 2.18. The van der Waals surface area contributed by atoms with Crippen LogP contribution >= 0.6 is 23.7 Å². The molecule has 20 heavy (non-hydrogen) atoms. The molecule has 0 amide bonds. The molecule has 2 heterocycles. The number of methoxy groups -OCH3 is 1. The fourth-order valence-electron chi connectivity index (χ4n) is 2.58. The quantitative estimate of drug-likeness (QED) is 0.837. The topological polar surface area (TPSA) is 37.4 Å². The molecule has 1 aliphatic rings. The third-order valence-electron chi connectivity index (χ3n) is 3.74. The molecule has 116 valence electrons. The molecule has 1 N–H and O–H groups in total. The van der Waals surface area contributed by atoms with E-state index in [4.69, 9.17) is 4.74 Å². The van der Waals surface area contributed by atoms with Crippen molar-refractivity contribution in [3.8, 4) is 0 Å². The lowest BCUT2D eigenvalue weighted by atomic mass is 9.99. The standard InChI is InChI=1S/C14H25N3OS.ClH/c1-12-14(19-11-16-12)10-17(6-7-18-2)9-13-4-3-5-15-8-13;/h11,13,15H,3-10H2,1-2H3;1H. The molecule has 0 spiro atoms. The molecule has 1 aromatic rings. The third-order valence-corrected chi connectivity index (χ3v) is 4.66. The lowest BCUT2D eigenvalue weighted by molar-refractivity contribution is 0.127. The zero-order valence-corrected chi connectivity index (χ0v) is 14.1. The Morgan fingerprint density at radius 2 is 2.40 bits per heavy atom. The smallest absolute Gasteiger partial charge is 0.0798 e. The minimum atomic E-state index is 0. The zero-order chi connectivity index (χ0) is 13.5. The molecule has 0 aromatic carbocycles. The van der Waals surface area contributed by atoms with E-state index in [1.54, 1.807) is 18.4 Å². The van der Waals surface area contributed by atoms with E-state index in [2.05, 4.69) is 22.1 Å². The highest BCUT2D eigenvalue weighted by atomic mass is 35.5. The van der Waals surface area contributed by atoms with Gasteiger partial charge in [-0.2, -0.15) is 0 Å². The van der Waals surface area contributed by atoms with Crippen LogP contribution in [0.3, 0.4) is 0 Å². The maximum absolute atomic E-state index is 5.24. The summed E-state index contributed by atoms with van der Waals surface area (Å²) in [6.07, 6.45) is 2.65.